The first-order valence-electron chi connectivity index (χ1n) is 9.67. The molecule has 2 aliphatic rings. The number of amides is 2. The molecule has 2 amide bonds. The lowest BCUT2D eigenvalue weighted by atomic mass is 10.1. The van der Waals surface area contributed by atoms with Gasteiger partial charge in [-0.05, 0) is 43.2 Å². The Balaban J connectivity index is 1.50. The van der Waals surface area contributed by atoms with Gasteiger partial charge < -0.3 is 14.7 Å². The Morgan fingerprint density at radius 2 is 1.75 bits per heavy atom. The maximum absolute atomic E-state index is 14.4. The van der Waals surface area contributed by atoms with Crippen LogP contribution in [0.15, 0.2) is 42.7 Å². The van der Waals surface area contributed by atoms with Crippen LogP contribution in [0.25, 0.3) is 0 Å². The van der Waals surface area contributed by atoms with Crippen LogP contribution in [0, 0.1) is 5.82 Å². The smallest absolute Gasteiger partial charge is 0.256 e. The molecule has 0 bridgehead atoms. The summed E-state index contributed by atoms with van der Waals surface area (Å²) >= 11 is 0. The maximum Gasteiger partial charge on any atom is 0.256 e. The van der Waals surface area contributed by atoms with E-state index in [1.54, 1.807) is 28.3 Å². The zero-order chi connectivity index (χ0) is 19.5. The summed E-state index contributed by atoms with van der Waals surface area (Å²) in [5.41, 5.74) is 1.71. The van der Waals surface area contributed by atoms with E-state index < -0.39 is 5.82 Å². The fourth-order valence-corrected chi connectivity index (χ4v) is 3.87. The third-order valence-electron chi connectivity index (χ3n) is 5.38. The molecule has 6 nitrogen and oxygen atoms in total. The number of hydrogen-bond donors (Lipinski definition) is 0. The molecule has 0 atom stereocenters. The van der Waals surface area contributed by atoms with Crippen molar-refractivity contribution < 1.29 is 14.0 Å². The number of benzene rings is 1. The fourth-order valence-electron chi connectivity index (χ4n) is 3.87. The Hall–Kier alpha value is -2.96. The summed E-state index contributed by atoms with van der Waals surface area (Å²) in [5, 5.41) is 0. The average Bonchev–Trinajstić information content (AvgIpc) is 3.00. The third-order valence-corrected chi connectivity index (χ3v) is 5.38. The van der Waals surface area contributed by atoms with Gasteiger partial charge in [0.1, 0.15) is 5.82 Å². The molecule has 0 unspecified atom stereocenters. The normalized spacial score (nSPS) is 17.8. The minimum atomic E-state index is -0.546. The molecule has 0 spiro atoms. The van der Waals surface area contributed by atoms with Crippen LogP contribution in [0.4, 0.5) is 15.8 Å². The molecule has 0 aliphatic carbocycles. The van der Waals surface area contributed by atoms with Crippen LogP contribution in [0.3, 0.4) is 0 Å². The van der Waals surface area contributed by atoms with E-state index in [0.29, 0.717) is 38.3 Å². The number of halogens is 1. The summed E-state index contributed by atoms with van der Waals surface area (Å²) in [6, 6.07) is 8.28. The predicted octanol–water partition coefficient (Wildman–Crippen LogP) is 2.70. The number of carbonyl (C=O) groups excluding carboxylic acids is 2. The van der Waals surface area contributed by atoms with Gasteiger partial charge in [0.2, 0.25) is 5.91 Å². The van der Waals surface area contributed by atoms with Crippen molar-refractivity contribution in [3.63, 3.8) is 0 Å². The standard InChI is InChI=1S/C21H23FN4O2/c22-19-5-4-17(26-12-1-3-20(26)27)15-18(19)21(28)25-11-2-10-24(13-14-25)16-6-8-23-9-7-16/h4-9,15H,1-3,10-14H2. The van der Waals surface area contributed by atoms with Crippen molar-refractivity contribution in [3.8, 4) is 0 Å². The highest BCUT2D eigenvalue weighted by Gasteiger charge is 2.26. The largest absolute Gasteiger partial charge is 0.370 e. The first-order valence-corrected chi connectivity index (χ1v) is 9.67. The Morgan fingerprint density at radius 3 is 2.50 bits per heavy atom. The number of nitrogens with zero attached hydrogens (tertiary/aromatic N) is 4. The third kappa shape index (κ3) is 3.69. The molecule has 2 aromatic rings. The van der Waals surface area contributed by atoms with Crippen molar-refractivity contribution in [1.29, 1.82) is 0 Å². The SMILES string of the molecule is O=C(c1cc(N2CCCC2=O)ccc1F)N1CCCN(c2ccncc2)CC1. The van der Waals surface area contributed by atoms with Crippen molar-refractivity contribution in [2.24, 2.45) is 0 Å². The first-order chi connectivity index (χ1) is 13.6. The van der Waals surface area contributed by atoms with Crippen LogP contribution < -0.4 is 9.80 Å². The lowest BCUT2D eigenvalue weighted by Gasteiger charge is -2.24. The maximum atomic E-state index is 14.4. The predicted molar refractivity (Wildman–Crippen MR) is 105 cm³/mol. The molecule has 3 heterocycles. The van der Waals surface area contributed by atoms with E-state index in [9.17, 15) is 14.0 Å². The van der Waals surface area contributed by atoms with E-state index in [4.69, 9.17) is 0 Å². The number of carbonyl (C=O) groups is 2. The van der Waals surface area contributed by atoms with Gasteiger partial charge in [0, 0.05) is 62.9 Å². The summed E-state index contributed by atoms with van der Waals surface area (Å²) in [6.45, 7) is 3.23. The minimum Gasteiger partial charge on any atom is -0.370 e. The molecule has 2 saturated heterocycles. The van der Waals surface area contributed by atoms with E-state index in [1.807, 2.05) is 12.1 Å². The first kappa shape index (κ1) is 18.4. The average molecular weight is 382 g/mol. The second-order valence-corrected chi connectivity index (χ2v) is 7.15. The van der Waals surface area contributed by atoms with Crippen molar-refractivity contribution in [2.75, 3.05) is 42.5 Å². The highest BCUT2D eigenvalue weighted by molar-refractivity contribution is 5.99. The van der Waals surface area contributed by atoms with Crippen LogP contribution in [0.2, 0.25) is 0 Å². The van der Waals surface area contributed by atoms with Crippen LogP contribution in [-0.4, -0.2) is 54.4 Å². The van der Waals surface area contributed by atoms with E-state index in [-0.39, 0.29) is 17.4 Å². The molecule has 146 valence electrons. The number of anilines is 2. The van der Waals surface area contributed by atoms with Gasteiger partial charge in [0.05, 0.1) is 5.56 Å². The molecule has 0 saturated carbocycles. The fraction of sp³-hybridized carbons (Fsp3) is 0.381. The summed E-state index contributed by atoms with van der Waals surface area (Å²) in [6.07, 6.45) is 5.60. The van der Waals surface area contributed by atoms with Crippen LogP contribution in [0.1, 0.15) is 29.6 Å². The molecule has 2 fully saturated rings. The minimum absolute atomic E-state index is 0.0211. The second kappa shape index (κ2) is 7.96. The molecule has 1 aromatic carbocycles. The molecular formula is C21H23FN4O2. The van der Waals surface area contributed by atoms with E-state index in [1.165, 1.54) is 12.1 Å². The summed E-state index contributed by atoms with van der Waals surface area (Å²) < 4.78 is 14.4. The molecule has 2 aliphatic heterocycles. The molecule has 1 aromatic heterocycles. The lowest BCUT2D eigenvalue weighted by Crippen LogP contribution is -2.36. The molecule has 0 N–H and O–H groups in total. The van der Waals surface area contributed by atoms with Gasteiger partial charge in [0.15, 0.2) is 0 Å². The number of rotatable bonds is 3. The zero-order valence-electron chi connectivity index (χ0n) is 15.7. The monoisotopic (exact) mass is 382 g/mol. The van der Waals surface area contributed by atoms with Crippen molar-refractivity contribution in [2.45, 2.75) is 19.3 Å². The van der Waals surface area contributed by atoms with Gasteiger partial charge in [-0.25, -0.2) is 4.39 Å². The molecule has 4 rings (SSSR count). The lowest BCUT2D eigenvalue weighted by molar-refractivity contribution is -0.117. The van der Waals surface area contributed by atoms with E-state index >= 15 is 0 Å². The van der Waals surface area contributed by atoms with Crippen LogP contribution in [0.5, 0.6) is 0 Å². The van der Waals surface area contributed by atoms with Crippen molar-refractivity contribution >= 4 is 23.2 Å². The van der Waals surface area contributed by atoms with Gasteiger partial charge in [-0.1, -0.05) is 0 Å². The molecule has 0 radical (unpaired) electrons. The number of aromatic nitrogens is 1. The number of pyridine rings is 1. The quantitative estimate of drug-likeness (QED) is 0.819. The Bertz CT molecular complexity index is 874. The van der Waals surface area contributed by atoms with Gasteiger partial charge in [-0.15, -0.1) is 0 Å². The summed E-state index contributed by atoms with van der Waals surface area (Å²) in [4.78, 5) is 34.6. The van der Waals surface area contributed by atoms with Gasteiger partial charge >= 0.3 is 0 Å². The van der Waals surface area contributed by atoms with Gasteiger partial charge in [-0.3, -0.25) is 14.6 Å². The Labute approximate surface area is 163 Å². The highest BCUT2D eigenvalue weighted by Crippen LogP contribution is 2.25. The van der Waals surface area contributed by atoms with Gasteiger partial charge in [-0.2, -0.15) is 0 Å². The summed E-state index contributed by atoms with van der Waals surface area (Å²) in [5.74, 6) is -0.842. The van der Waals surface area contributed by atoms with E-state index in [0.717, 1.165) is 25.1 Å². The molecular weight excluding hydrogens is 359 g/mol. The number of hydrogen-bond acceptors (Lipinski definition) is 4. The van der Waals surface area contributed by atoms with Crippen molar-refractivity contribution in [1.82, 2.24) is 9.88 Å². The van der Waals surface area contributed by atoms with Crippen LogP contribution >= 0.6 is 0 Å². The van der Waals surface area contributed by atoms with Gasteiger partial charge in [0.25, 0.3) is 5.91 Å². The molecule has 7 heteroatoms. The van der Waals surface area contributed by atoms with E-state index in [2.05, 4.69) is 9.88 Å². The zero-order valence-corrected chi connectivity index (χ0v) is 15.7. The second-order valence-electron chi connectivity index (χ2n) is 7.15. The highest BCUT2D eigenvalue weighted by atomic mass is 19.1. The topological polar surface area (TPSA) is 56.8 Å². The Morgan fingerprint density at radius 1 is 0.929 bits per heavy atom. The Kier molecular flexibility index (Phi) is 5.23. The molecule has 28 heavy (non-hydrogen) atoms. The van der Waals surface area contributed by atoms with Crippen molar-refractivity contribution in [3.05, 3.63) is 54.1 Å². The summed E-state index contributed by atoms with van der Waals surface area (Å²) in [7, 11) is 0. The van der Waals surface area contributed by atoms with Crippen LogP contribution in [-0.2, 0) is 4.79 Å².